The van der Waals surface area contributed by atoms with Crippen molar-refractivity contribution < 1.29 is 22.7 Å². The second kappa shape index (κ2) is 10.6. The summed E-state index contributed by atoms with van der Waals surface area (Å²) in [6, 6.07) is 12.3. The van der Waals surface area contributed by atoms with Gasteiger partial charge in [-0.2, -0.15) is 0 Å². The molecule has 33 heavy (non-hydrogen) atoms. The molecule has 0 fully saturated rings. The van der Waals surface area contributed by atoms with Crippen molar-refractivity contribution in [2.24, 2.45) is 0 Å². The third-order valence-corrected chi connectivity index (χ3v) is 6.80. The summed E-state index contributed by atoms with van der Waals surface area (Å²) in [7, 11) is -0.599. The standard InChI is InChI=1S/C24H29N3O5S/c1-5-15-27-21-13-12-19(33(29,30)26(3)4)16-20(21)25-23(27)17-32-24(28)14-11-18-9-7-8-10-22(18)31-6-2/h7-14,16H,5-6,15,17H2,1-4H3/b14-11+. The molecule has 8 nitrogen and oxygen atoms in total. The third kappa shape index (κ3) is 5.61. The van der Waals surface area contributed by atoms with E-state index in [-0.39, 0.29) is 11.5 Å². The first kappa shape index (κ1) is 24.5. The fourth-order valence-electron chi connectivity index (χ4n) is 3.36. The Bertz CT molecular complexity index is 1260. The summed E-state index contributed by atoms with van der Waals surface area (Å²) in [6.07, 6.45) is 3.85. The lowest BCUT2D eigenvalue weighted by atomic mass is 10.2. The molecule has 1 heterocycles. The molecule has 0 saturated heterocycles. The van der Waals surface area contributed by atoms with Crippen molar-refractivity contribution in [1.82, 2.24) is 13.9 Å². The summed E-state index contributed by atoms with van der Waals surface area (Å²) >= 11 is 0. The highest BCUT2D eigenvalue weighted by atomic mass is 32.2. The van der Waals surface area contributed by atoms with E-state index in [1.165, 1.54) is 20.2 Å². The number of carbonyl (C=O) groups excluding carboxylic acids is 1. The van der Waals surface area contributed by atoms with Crippen LogP contribution in [0, 0.1) is 0 Å². The van der Waals surface area contributed by atoms with Gasteiger partial charge in [0.2, 0.25) is 10.0 Å². The van der Waals surface area contributed by atoms with Gasteiger partial charge < -0.3 is 14.0 Å². The molecule has 0 aliphatic heterocycles. The zero-order chi connectivity index (χ0) is 24.0. The molecule has 0 spiro atoms. The fraction of sp³-hybridized carbons (Fsp3) is 0.333. The molecule has 176 valence electrons. The minimum Gasteiger partial charge on any atom is -0.493 e. The van der Waals surface area contributed by atoms with Gasteiger partial charge in [0.1, 0.15) is 18.2 Å². The van der Waals surface area contributed by atoms with Crippen molar-refractivity contribution in [2.75, 3.05) is 20.7 Å². The van der Waals surface area contributed by atoms with Gasteiger partial charge in [-0.15, -0.1) is 0 Å². The van der Waals surface area contributed by atoms with Crippen LogP contribution in [0.1, 0.15) is 31.7 Å². The number of ether oxygens (including phenoxy) is 2. The summed E-state index contributed by atoms with van der Waals surface area (Å²) in [6.45, 7) is 5.10. The lowest BCUT2D eigenvalue weighted by Crippen LogP contribution is -2.22. The van der Waals surface area contributed by atoms with E-state index in [2.05, 4.69) is 4.98 Å². The predicted octanol–water partition coefficient (Wildman–Crippen LogP) is 3.85. The Balaban J connectivity index is 1.80. The SMILES string of the molecule is CCCn1c(COC(=O)/C=C/c2ccccc2OCC)nc2cc(S(=O)(=O)N(C)C)ccc21. The van der Waals surface area contributed by atoms with Crippen molar-refractivity contribution in [2.45, 2.75) is 38.3 Å². The Hall–Kier alpha value is -3.17. The maximum absolute atomic E-state index is 12.5. The van der Waals surface area contributed by atoms with Crippen LogP contribution in [0.5, 0.6) is 5.75 Å². The van der Waals surface area contributed by atoms with Crippen LogP contribution in [0.15, 0.2) is 53.4 Å². The van der Waals surface area contributed by atoms with Gasteiger partial charge in [-0.05, 0) is 43.7 Å². The van der Waals surface area contributed by atoms with E-state index in [0.717, 1.165) is 21.8 Å². The van der Waals surface area contributed by atoms with Crippen LogP contribution in [-0.2, 0) is 32.7 Å². The molecule has 0 saturated carbocycles. The van der Waals surface area contributed by atoms with Crippen molar-refractivity contribution in [3.63, 3.8) is 0 Å². The highest BCUT2D eigenvalue weighted by Gasteiger charge is 2.20. The molecular weight excluding hydrogens is 442 g/mol. The zero-order valence-electron chi connectivity index (χ0n) is 19.3. The molecule has 9 heteroatoms. The molecule has 0 unspecified atom stereocenters. The molecule has 0 aliphatic carbocycles. The Morgan fingerprint density at radius 3 is 2.61 bits per heavy atom. The first-order valence-electron chi connectivity index (χ1n) is 10.8. The molecule has 0 N–H and O–H groups in total. The summed E-state index contributed by atoms with van der Waals surface area (Å²) < 4.78 is 39.0. The van der Waals surface area contributed by atoms with Crippen LogP contribution in [0.3, 0.4) is 0 Å². The number of imidazole rings is 1. The fourth-order valence-corrected chi connectivity index (χ4v) is 4.28. The number of sulfonamides is 1. The molecule has 0 amide bonds. The van der Waals surface area contributed by atoms with Crippen LogP contribution in [0.4, 0.5) is 0 Å². The molecule has 2 aromatic carbocycles. The van der Waals surface area contributed by atoms with E-state index in [1.54, 1.807) is 24.3 Å². The first-order chi connectivity index (χ1) is 15.8. The highest BCUT2D eigenvalue weighted by Crippen LogP contribution is 2.23. The summed E-state index contributed by atoms with van der Waals surface area (Å²) in [5, 5.41) is 0. The molecular formula is C24H29N3O5S. The topological polar surface area (TPSA) is 90.7 Å². The first-order valence-corrected chi connectivity index (χ1v) is 12.2. The maximum Gasteiger partial charge on any atom is 0.331 e. The quantitative estimate of drug-likeness (QED) is 0.330. The van der Waals surface area contributed by atoms with Crippen LogP contribution in [0.2, 0.25) is 0 Å². The normalized spacial score (nSPS) is 12.0. The van der Waals surface area contributed by atoms with Crippen LogP contribution < -0.4 is 4.74 Å². The Morgan fingerprint density at radius 1 is 1.15 bits per heavy atom. The van der Waals surface area contributed by atoms with Gasteiger partial charge in [-0.1, -0.05) is 25.1 Å². The largest absolute Gasteiger partial charge is 0.493 e. The molecule has 3 rings (SSSR count). The number of benzene rings is 2. The lowest BCUT2D eigenvalue weighted by Gasteiger charge is -2.11. The Kier molecular flexibility index (Phi) is 7.88. The summed E-state index contributed by atoms with van der Waals surface area (Å²) in [5.74, 6) is 0.743. The van der Waals surface area contributed by atoms with E-state index in [0.29, 0.717) is 30.2 Å². The van der Waals surface area contributed by atoms with Gasteiger partial charge in [-0.25, -0.2) is 22.5 Å². The minimum atomic E-state index is -3.57. The Morgan fingerprint density at radius 2 is 1.91 bits per heavy atom. The summed E-state index contributed by atoms with van der Waals surface area (Å²) in [5.41, 5.74) is 2.12. The second-order valence-electron chi connectivity index (χ2n) is 7.53. The number of nitrogens with zero attached hydrogens (tertiary/aromatic N) is 3. The van der Waals surface area contributed by atoms with E-state index in [1.807, 2.05) is 42.7 Å². The number of aromatic nitrogens is 2. The van der Waals surface area contributed by atoms with Crippen molar-refractivity contribution in [3.8, 4) is 5.75 Å². The molecule has 0 atom stereocenters. The number of fused-ring (bicyclic) bond motifs is 1. The smallest absolute Gasteiger partial charge is 0.331 e. The van der Waals surface area contributed by atoms with Crippen LogP contribution >= 0.6 is 0 Å². The van der Waals surface area contributed by atoms with Gasteiger partial charge >= 0.3 is 5.97 Å². The van der Waals surface area contributed by atoms with E-state index in [4.69, 9.17) is 9.47 Å². The van der Waals surface area contributed by atoms with Gasteiger partial charge in [0.25, 0.3) is 0 Å². The number of carbonyl (C=O) groups is 1. The van der Waals surface area contributed by atoms with Crippen molar-refractivity contribution in [1.29, 1.82) is 0 Å². The van der Waals surface area contributed by atoms with E-state index < -0.39 is 16.0 Å². The molecule has 1 aromatic heterocycles. The number of esters is 1. The molecule has 0 radical (unpaired) electrons. The average Bonchev–Trinajstić information content (AvgIpc) is 3.14. The third-order valence-electron chi connectivity index (χ3n) is 4.99. The number of aryl methyl sites for hydroxylation is 1. The predicted molar refractivity (Wildman–Crippen MR) is 127 cm³/mol. The number of hydrogen-bond donors (Lipinski definition) is 0. The number of hydrogen-bond acceptors (Lipinski definition) is 6. The van der Waals surface area contributed by atoms with Gasteiger partial charge in [-0.3, -0.25) is 0 Å². The lowest BCUT2D eigenvalue weighted by molar-refractivity contribution is -0.139. The van der Waals surface area contributed by atoms with Gasteiger partial charge in [0.15, 0.2) is 0 Å². The number of para-hydroxylation sites is 1. The molecule has 0 aliphatic rings. The van der Waals surface area contributed by atoms with E-state index in [9.17, 15) is 13.2 Å². The monoisotopic (exact) mass is 471 g/mol. The van der Waals surface area contributed by atoms with Crippen LogP contribution in [-0.4, -0.2) is 48.9 Å². The Labute approximate surface area is 194 Å². The minimum absolute atomic E-state index is 0.0271. The second-order valence-corrected chi connectivity index (χ2v) is 9.68. The molecule has 3 aromatic rings. The van der Waals surface area contributed by atoms with Crippen LogP contribution in [0.25, 0.3) is 17.1 Å². The molecule has 0 bridgehead atoms. The van der Waals surface area contributed by atoms with Crippen molar-refractivity contribution in [3.05, 3.63) is 59.9 Å². The van der Waals surface area contributed by atoms with Gasteiger partial charge in [0, 0.05) is 32.3 Å². The maximum atomic E-state index is 12.5. The summed E-state index contributed by atoms with van der Waals surface area (Å²) in [4.78, 5) is 17.1. The number of rotatable bonds is 10. The highest BCUT2D eigenvalue weighted by molar-refractivity contribution is 7.89. The average molecular weight is 472 g/mol. The zero-order valence-corrected chi connectivity index (χ0v) is 20.1. The van der Waals surface area contributed by atoms with Gasteiger partial charge in [0.05, 0.1) is 22.5 Å². The van der Waals surface area contributed by atoms with Crippen molar-refractivity contribution >= 4 is 33.1 Å². The van der Waals surface area contributed by atoms with E-state index >= 15 is 0 Å².